The minimum absolute atomic E-state index is 0.129. The molecule has 1 N–H and O–H groups in total. The number of nitrogens with one attached hydrogen (secondary N) is 1. The number of benzene rings is 3. The molecule has 0 spiro atoms. The molecule has 1 aromatic heterocycles. The number of methoxy groups -OCH3 is 1. The number of ether oxygens (including phenoxy) is 1. The van der Waals surface area contributed by atoms with E-state index >= 15 is 0 Å². The molecule has 0 radical (unpaired) electrons. The number of carbonyl (C=O) groups is 2. The lowest BCUT2D eigenvalue weighted by atomic mass is 9.90. The van der Waals surface area contributed by atoms with Crippen LogP contribution in [0.3, 0.4) is 0 Å². The monoisotopic (exact) mass is 589 g/mol. The van der Waals surface area contributed by atoms with Crippen molar-refractivity contribution in [2.45, 2.75) is 38.8 Å². The molecule has 0 fully saturated rings. The van der Waals surface area contributed by atoms with Crippen LogP contribution in [0.15, 0.2) is 63.8 Å². The van der Waals surface area contributed by atoms with Crippen molar-refractivity contribution in [1.82, 2.24) is 0 Å². The van der Waals surface area contributed by atoms with Gasteiger partial charge in [0, 0.05) is 22.0 Å². The van der Waals surface area contributed by atoms with Gasteiger partial charge in [0.15, 0.2) is 0 Å². The number of anilines is 1. The number of carbonyl (C=O) groups excluding carboxylic acids is 2. The Kier molecular flexibility index (Phi) is 8.53. The predicted molar refractivity (Wildman–Crippen MR) is 146 cm³/mol. The van der Waals surface area contributed by atoms with E-state index in [1.807, 2.05) is 6.92 Å². The molecule has 1 unspecified atom stereocenters. The van der Waals surface area contributed by atoms with Crippen molar-refractivity contribution in [3.8, 4) is 11.1 Å². The van der Waals surface area contributed by atoms with Crippen molar-refractivity contribution in [2.24, 2.45) is 0 Å². The summed E-state index contributed by atoms with van der Waals surface area (Å²) in [5.74, 6) is -3.14. The van der Waals surface area contributed by atoms with Gasteiger partial charge in [0.2, 0.25) is 5.91 Å². The molecule has 0 bridgehead atoms. The van der Waals surface area contributed by atoms with Crippen LogP contribution in [0.2, 0.25) is 5.02 Å². The Labute approximate surface area is 236 Å². The fourth-order valence-corrected chi connectivity index (χ4v) is 4.82. The lowest BCUT2D eigenvalue weighted by molar-refractivity contribution is -0.142. The van der Waals surface area contributed by atoms with Gasteiger partial charge in [-0.25, -0.2) is 9.18 Å². The van der Waals surface area contributed by atoms with Crippen LogP contribution in [-0.2, 0) is 26.9 Å². The first-order valence-corrected chi connectivity index (χ1v) is 12.8. The zero-order chi connectivity index (χ0) is 30.1. The maximum atomic E-state index is 13.5. The zero-order valence-electron chi connectivity index (χ0n) is 22.1. The Hall–Kier alpha value is -4.18. The van der Waals surface area contributed by atoms with Gasteiger partial charge >= 0.3 is 17.8 Å². The highest BCUT2D eigenvalue weighted by molar-refractivity contribution is 6.32. The van der Waals surface area contributed by atoms with Crippen LogP contribution in [0.4, 0.5) is 23.2 Å². The van der Waals surface area contributed by atoms with Crippen molar-refractivity contribution in [3.63, 3.8) is 0 Å². The van der Waals surface area contributed by atoms with E-state index in [1.165, 1.54) is 13.2 Å². The van der Waals surface area contributed by atoms with E-state index < -0.39 is 53.1 Å². The third-order valence-electron chi connectivity index (χ3n) is 6.65. The molecule has 1 atom stereocenters. The van der Waals surface area contributed by atoms with Crippen LogP contribution in [-0.4, -0.2) is 19.0 Å². The third kappa shape index (κ3) is 6.27. The Balaban J connectivity index is 1.87. The van der Waals surface area contributed by atoms with E-state index in [2.05, 4.69) is 5.32 Å². The van der Waals surface area contributed by atoms with E-state index in [4.69, 9.17) is 20.8 Å². The second-order valence-electron chi connectivity index (χ2n) is 9.36. The second kappa shape index (κ2) is 11.7. The Morgan fingerprint density at radius 1 is 1.10 bits per heavy atom. The summed E-state index contributed by atoms with van der Waals surface area (Å²) in [6.07, 6.45) is -5.18. The number of hydrogen-bond acceptors (Lipinski definition) is 5. The number of halogens is 5. The summed E-state index contributed by atoms with van der Waals surface area (Å²) in [4.78, 5) is 38.7. The quantitative estimate of drug-likeness (QED) is 0.138. The molecule has 0 aliphatic rings. The first-order chi connectivity index (χ1) is 19.3. The molecule has 3 aromatic carbocycles. The van der Waals surface area contributed by atoms with Gasteiger partial charge in [-0.1, -0.05) is 42.8 Å². The highest BCUT2D eigenvalue weighted by atomic mass is 35.5. The molecule has 4 aromatic rings. The largest absolute Gasteiger partial charge is 0.469 e. The molecule has 0 saturated heterocycles. The van der Waals surface area contributed by atoms with E-state index in [1.54, 1.807) is 37.3 Å². The average Bonchev–Trinajstić information content (AvgIpc) is 2.91. The van der Waals surface area contributed by atoms with Gasteiger partial charge < -0.3 is 14.5 Å². The second-order valence-corrected chi connectivity index (χ2v) is 9.77. The number of hydrogen-bond donors (Lipinski definition) is 1. The van der Waals surface area contributed by atoms with E-state index in [9.17, 15) is 31.9 Å². The molecular weight excluding hydrogens is 566 g/mol. The molecule has 4 rings (SSSR count). The zero-order valence-corrected chi connectivity index (χ0v) is 22.9. The Morgan fingerprint density at radius 3 is 2.49 bits per heavy atom. The molecule has 6 nitrogen and oxygen atoms in total. The van der Waals surface area contributed by atoms with Crippen molar-refractivity contribution in [3.05, 3.63) is 98.1 Å². The summed E-state index contributed by atoms with van der Waals surface area (Å²) in [7, 11) is 1.28. The number of amides is 1. The summed E-state index contributed by atoms with van der Waals surface area (Å²) >= 11 is 6.26. The van der Waals surface area contributed by atoms with Gasteiger partial charge in [-0.3, -0.25) is 9.59 Å². The SMILES string of the molecule is CCC(C(=O)OC)c1cccc(-c2c(CC(=O)Nc3ccc(F)cc3C(F)(F)F)c(=O)oc3cc(Cl)c(C)cc23)c1. The summed E-state index contributed by atoms with van der Waals surface area (Å²) < 4.78 is 64.4. The summed E-state index contributed by atoms with van der Waals surface area (Å²) in [6, 6.07) is 11.7. The third-order valence-corrected chi connectivity index (χ3v) is 7.06. The number of aryl methyl sites for hydroxylation is 1. The van der Waals surface area contributed by atoms with Gasteiger partial charge in [-0.2, -0.15) is 13.2 Å². The Bertz CT molecular complexity index is 1710. The number of esters is 1. The van der Waals surface area contributed by atoms with Crippen LogP contribution in [0, 0.1) is 12.7 Å². The standard InChI is InChI=1S/C30H24ClF4NO5/c1-4-19(28(38)40-3)16-6-5-7-17(11-16)27-20-10-15(2)23(31)14-25(20)41-29(39)21(27)13-26(37)36-24-9-8-18(32)12-22(24)30(33,34)35/h5-12,14,19H,4,13H2,1-3H3,(H,36,37). The number of rotatable bonds is 7. The van der Waals surface area contributed by atoms with Crippen LogP contribution < -0.4 is 10.9 Å². The van der Waals surface area contributed by atoms with Gasteiger partial charge in [-0.05, 0) is 54.3 Å². The first-order valence-electron chi connectivity index (χ1n) is 12.4. The first kappa shape index (κ1) is 29.8. The van der Waals surface area contributed by atoms with Crippen molar-refractivity contribution in [2.75, 3.05) is 12.4 Å². The molecule has 0 saturated carbocycles. The van der Waals surface area contributed by atoms with E-state index in [-0.39, 0.29) is 17.2 Å². The molecule has 214 valence electrons. The van der Waals surface area contributed by atoms with Gasteiger partial charge in [0.1, 0.15) is 11.4 Å². The topological polar surface area (TPSA) is 85.6 Å². The summed E-state index contributed by atoms with van der Waals surface area (Å²) in [5, 5.41) is 2.90. The van der Waals surface area contributed by atoms with Crippen molar-refractivity contribution >= 4 is 40.1 Å². The Morgan fingerprint density at radius 2 is 1.83 bits per heavy atom. The van der Waals surface area contributed by atoms with Crippen LogP contribution >= 0.6 is 11.6 Å². The van der Waals surface area contributed by atoms with Crippen LogP contribution in [0.5, 0.6) is 0 Å². The minimum Gasteiger partial charge on any atom is -0.469 e. The van der Waals surface area contributed by atoms with Crippen LogP contribution in [0.1, 0.15) is 41.5 Å². The molecule has 1 amide bonds. The minimum atomic E-state index is -4.94. The molecular formula is C30H24ClF4NO5. The van der Waals surface area contributed by atoms with E-state index in [0.29, 0.717) is 39.1 Å². The highest BCUT2D eigenvalue weighted by Crippen LogP contribution is 2.37. The van der Waals surface area contributed by atoms with Crippen molar-refractivity contribution in [1.29, 1.82) is 0 Å². The highest BCUT2D eigenvalue weighted by Gasteiger charge is 2.34. The normalized spacial score (nSPS) is 12.3. The summed E-state index contributed by atoms with van der Waals surface area (Å²) in [6.45, 7) is 3.55. The molecule has 11 heteroatoms. The van der Waals surface area contributed by atoms with Gasteiger partial charge in [0.05, 0.1) is 36.3 Å². The molecule has 41 heavy (non-hydrogen) atoms. The summed E-state index contributed by atoms with van der Waals surface area (Å²) in [5.41, 5.74) is -0.935. The van der Waals surface area contributed by atoms with Crippen LogP contribution in [0.25, 0.3) is 22.1 Å². The van der Waals surface area contributed by atoms with Crippen molar-refractivity contribution < 1.29 is 36.3 Å². The lowest BCUT2D eigenvalue weighted by Crippen LogP contribution is -2.22. The molecule has 0 aliphatic heterocycles. The number of fused-ring (bicyclic) bond motifs is 1. The van der Waals surface area contributed by atoms with Gasteiger partial charge in [0.25, 0.3) is 0 Å². The average molecular weight is 590 g/mol. The molecule has 0 aliphatic carbocycles. The molecule has 1 heterocycles. The lowest BCUT2D eigenvalue weighted by Gasteiger charge is -2.17. The number of alkyl halides is 3. The predicted octanol–water partition coefficient (Wildman–Crippen LogP) is 7.43. The fourth-order valence-electron chi connectivity index (χ4n) is 4.67. The maximum absolute atomic E-state index is 13.5. The maximum Gasteiger partial charge on any atom is 0.418 e. The van der Waals surface area contributed by atoms with Gasteiger partial charge in [-0.15, -0.1) is 0 Å². The van der Waals surface area contributed by atoms with E-state index in [0.717, 1.165) is 12.1 Å². The fraction of sp³-hybridized carbons (Fsp3) is 0.233. The smallest absolute Gasteiger partial charge is 0.418 e.